The highest BCUT2D eigenvalue weighted by atomic mass is 16.6. The highest BCUT2D eigenvalue weighted by Gasteiger charge is 2.43. The molecule has 0 radical (unpaired) electrons. The van der Waals surface area contributed by atoms with E-state index in [0.29, 0.717) is 17.0 Å². The van der Waals surface area contributed by atoms with Gasteiger partial charge in [-0.05, 0) is 33.3 Å². The molecule has 0 fully saturated rings. The SMILES string of the molecule is CC(=O)OCCOC(=O)C1=C(C)N=C(C)C(C(=O)OC(C)C)C1c1cccc([N+](=O)[O-])c1. The molecule has 0 saturated carbocycles. The van der Waals surface area contributed by atoms with Gasteiger partial charge < -0.3 is 14.2 Å². The van der Waals surface area contributed by atoms with Gasteiger partial charge in [-0.1, -0.05) is 12.1 Å². The Labute approximate surface area is 185 Å². The molecule has 10 nitrogen and oxygen atoms in total. The van der Waals surface area contributed by atoms with E-state index in [2.05, 4.69) is 4.99 Å². The van der Waals surface area contributed by atoms with Gasteiger partial charge in [0.15, 0.2) is 0 Å². The molecule has 10 heteroatoms. The van der Waals surface area contributed by atoms with Crippen molar-refractivity contribution >= 4 is 29.3 Å². The second kappa shape index (κ2) is 10.7. The van der Waals surface area contributed by atoms with Crippen LogP contribution in [-0.4, -0.2) is 47.9 Å². The standard InChI is InChI=1S/C22H26N2O8/c1-12(2)32-22(27)19-14(4)23-13(3)18(21(26)31-10-9-30-15(5)25)20(19)16-7-6-8-17(11-16)24(28)29/h6-8,11-12,19-20H,9-10H2,1-5H3. The van der Waals surface area contributed by atoms with Gasteiger partial charge >= 0.3 is 17.9 Å². The van der Waals surface area contributed by atoms with E-state index in [4.69, 9.17) is 14.2 Å². The lowest BCUT2D eigenvalue weighted by Gasteiger charge is -2.32. The van der Waals surface area contributed by atoms with Gasteiger partial charge in [-0.3, -0.25) is 24.7 Å². The minimum Gasteiger partial charge on any atom is -0.462 e. The van der Waals surface area contributed by atoms with Crippen molar-refractivity contribution in [3.8, 4) is 0 Å². The molecule has 0 aliphatic carbocycles. The fourth-order valence-corrected chi connectivity index (χ4v) is 3.50. The van der Waals surface area contributed by atoms with E-state index in [1.54, 1.807) is 33.8 Å². The number of esters is 3. The van der Waals surface area contributed by atoms with Gasteiger partial charge in [-0.25, -0.2) is 4.79 Å². The summed E-state index contributed by atoms with van der Waals surface area (Å²) in [5.41, 5.74) is 1.03. The third-order valence-electron chi connectivity index (χ3n) is 4.72. The fourth-order valence-electron chi connectivity index (χ4n) is 3.50. The van der Waals surface area contributed by atoms with E-state index in [1.807, 2.05) is 0 Å². The summed E-state index contributed by atoms with van der Waals surface area (Å²) in [5.74, 6) is -3.75. The van der Waals surface area contributed by atoms with Gasteiger partial charge in [-0.15, -0.1) is 0 Å². The van der Waals surface area contributed by atoms with Crippen LogP contribution in [0.1, 0.15) is 46.1 Å². The van der Waals surface area contributed by atoms with Crippen LogP contribution in [0.15, 0.2) is 40.5 Å². The van der Waals surface area contributed by atoms with Crippen LogP contribution in [-0.2, 0) is 28.6 Å². The van der Waals surface area contributed by atoms with Crippen molar-refractivity contribution in [2.45, 2.75) is 46.6 Å². The van der Waals surface area contributed by atoms with Crippen molar-refractivity contribution in [3.05, 3.63) is 51.2 Å². The minimum absolute atomic E-state index is 0.0876. The Morgan fingerprint density at radius 3 is 2.41 bits per heavy atom. The number of nitro groups is 1. The Morgan fingerprint density at radius 2 is 1.81 bits per heavy atom. The molecule has 1 aliphatic rings. The van der Waals surface area contributed by atoms with Crippen LogP contribution >= 0.6 is 0 Å². The van der Waals surface area contributed by atoms with Gasteiger partial charge in [-0.2, -0.15) is 0 Å². The van der Waals surface area contributed by atoms with Crippen molar-refractivity contribution in [2.75, 3.05) is 13.2 Å². The quantitative estimate of drug-likeness (QED) is 0.195. The Morgan fingerprint density at radius 1 is 1.16 bits per heavy atom. The number of hydrogen-bond acceptors (Lipinski definition) is 9. The number of carbonyl (C=O) groups excluding carboxylic acids is 3. The summed E-state index contributed by atoms with van der Waals surface area (Å²) in [6.45, 7) is 7.54. The molecule has 1 heterocycles. The molecule has 0 amide bonds. The smallest absolute Gasteiger partial charge is 0.336 e. The minimum atomic E-state index is -0.973. The number of rotatable bonds is 8. The van der Waals surface area contributed by atoms with Gasteiger partial charge in [0.05, 0.1) is 16.6 Å². The van der Waals surface area contributed by atoms with Crippen LogP contribution < -0.4 is 0 Å². The fraction of sp³-hybridized carbons (Fsp3) is 0.455. The number of ether oxygens (including phenoxy) is 3. The van der Waals surface area contributed by atoms with Crippen molar-refractivity contribution in [3.63, 3.8) is 0 Å². The maximum absolute atomic E-state index is 13.0. The maximum Gasteiger partial charge on any atom is 0.336 e. The number of aliphatic imine (C=N–C) groups is 1. The van der Waals surface area contributed by atoms with Gasteiger partial charge in [0.25, 0.3) is 5.69 Å². The number of nitrogens with zero attached hydrogens (tertiary/aromatic N) is 2. The topological polar surface area (TPSA) is 134 Å². The molecule has 1 aliphatic heterocycles. The summed E-state index contributed by atoms with van der Waals surface area (Å²) in [6.07, 6.45) is -0.410. The Bertz CT molecular complexity index is 980. The lowest BCUT2D eigenvalue weighted by Crippen LogP contribution is -2.37. The second-order valence-electron chi connectivity index (χ2n) is 7.52. The molecule has 0 aromatic heterocycles. The average Bonchev–Trinajstić information content (AvgIpc) is 2.69. The summed E-state index contributed by atoms with van der Waals surface area (Å²) < 4.78 is 15.4. The Hall–Kier alpha value is -3.56. The summed E-state index contributed by atoms with van der Waals surface area (Å²) in [6, 6.07) is 5.73. The molecule has 0 saturated heterocycles. The summed E-state index contributed by atoms with van der Waals surface area (Å²) in [5, 5.41) is 11.3. The number of allylic oxidation sites excluding steroid dienone is 1. The van der Waals surface area contributed by atoms with Crippen LogP contribution in [0.3, 0.4) is 0 Å². The number of non-ortho nitro benzene ring substituents is 1. The number of carbonyl (C=O) groups is 3. The number of nitro benzene ring substituents is 1. The van der Waals surface area contributed by atoms with Crippen molar-refractivity contribution < 1.29 is 33.5 Å². The van der Waals surface area contributed by atoms with Gasteiger partial charge in [0, 0.05) is 36.4 Å². The normalized spacial score (nSPS) is 18.1. The summed E-state index contributed by atoms with van der Waals surface area (Å²) in [7, 11) is 0. The molecule has 2 rings (SSSR count). The highest BCUT2D eigenvalue weighted by molar-refractivity contribution is 6.07. The van der Waals surface area contributed by atoms with E-state index in [1.165, 1.54) is 25.1 Å². The molecular formula is C22H26N2O8. The maximum atomic E-state index is 13.0. The van der Waals surface area contributed by atoms with E-state index >= 15 is 0 Å². The van der Waals surface area contributed by atoms with Crippen molar-refractivity contribution in [2.24, 2.45) is 10.9 Å². The first-order valence-corrected chi connectivity index (χ1v) is 10.0. The van der Waals surface area contributed by atoms with Gasteiger partial charge in [0.1, 0.15) is 19.1 Å². The Kier molecular flexibility index (Phi) is 8.22. The van der Waals surface area contributed by atoms with E-state index in [0.717, 1.165) is 0 Å². The van der Waals surface area contributed by atoms with Crippen LogP contribution in [0.25, 0.3) is 0 Å². The monoisotopic (exact) mass is 446 g/mol. The molecule has 0 spiro atoms. The average molecular weight is 446 g/mol. The highest BCUT2D eigenvalue weighted by Crippen LogP contribution is 2.41. The van der Waals surface area contributed by atoms with Gasteiger partial charge in [0.2, 0.25) is 0 Å². The first-order chi connectivity index (χ1) is 15.0. The molecule has 1 aromatic rings. The largest absolute Gasteiger partial charge is 0.462 e. The van der Waals surface area contributed by atoms with Crippen LogP contribution in [0.4, 0.5) is 5.69 Å². The zero-order valence-electron chi connectivity index (χ0n) is 18.6. The molecule has 2 unspecified atom stereocenters. The third-order valence-corrected chi connectivity index (χ3v) is 4.72. The van der Waals surface area contributed by atoms with Crippen LogP contribution in [0, 0.1) is 16.0 Å². The molecule has 172 valence electrons. The first-order valence-electron chi connectivity index (χ1n) is 10.0. The third kappa shape index (κ3) is 5.99. The molecule has 0 N–H and O–H groups in total. The van der Waals surface area contributed by atoms with Crippen molar-refractivity contribution in [1.29, 1.82) is 0 Å². The van der Waals surface area contributed by atoms with E-state index in [9.17, 15) is 24.5 Å². The molecular weight excluding hydrogens is 420 g/mol. The predicted octanol–water partition coefficient (Wildman–Crippen LogP) is 3.10. The number of benzene rings is 1. The molecule has 32 heavy (non-hydrogen) atoms. The zero-order valence-corrected chi connectivity index (χ0v) is 18.6. The van der Waals surface area contributed by atoms with Crippen LogP contribution in [0.2, 0.25) is 0 Å². The summed E-state index contributed by atoms with van der Waals surface area (Å²) >= 11 is 0. The zero-order chi connectivity index (χ0) is 24.0. The predicted molar refractivity (Wildman–Crippen MR) is 114 cm³/mol. The molecule has 2 atom stereocenters. The summed E-state index contributed by atoms with van der Waals surface area (Å²) in [4.78, 5) is 52.0. The number of hydrogen-bond donors (Lipinski definition) is 0. The lowest BCUT2D eigenvalue weighted by atomic mass is 9.75. The second-order valence-corrected chi connectivity index (χ2v) is 7.52. The lowest BCUT2D eigenvalue weighted by molar-refractivity contribution is -0.384. The molecule has 1 aromatic carbocycles. The van der Waals surface area contributed by atoms with Crippen molar-refractivity contribution in [1.82, 2.24) is 0 Å². The van der Waals surface area contributed by atoms with E-state index in [-0.39, 0.29) is 24.5 Å². The first kappa shape index (κ1) is 24.7. The Balaban J connectivity index is 2.51. The molecule has 0 bridgehead atoms. The van der Waals surface area contributed by atoms with Crippen LogP contribution in [0.5, 0.6) is 0 Å². The van der Waals surface area contributed by atoms with E-state index < -0.39 is 40.8 Å².